The Morgan fingerprint density at radius 2 is 1.72 bits per heavy atom. The van der Waals surface area contributed by atoms with E-state index in [1.54, 1.807) is 0 Å². The summed E-state index contributed by atoms with van der Waals surface area (Å²) < 4.78 is 19.3. The second-order valence-electron chi connectivity index (χ2n) is 12.2. The molecule has 4 aliphatic rings. The van der Waals surface area contributed by atoms with Crippen LogP contribution in [-0.2, 0) is 19.0 Å². The number of aliphatic imine (C=N–C) groups is 1. The fourth-order valence-corrected chi connectivity index (χ4v) is 12.5. The molecule has 0 N–H and O–H groups in total. The van der Waals surface area contributed by atoms with Crippen LogP contribution in [0, 0.1) is 16.7 Å². The van der Waals surface area contributed by atoms with Crippen LogP contribution in [0.15, 0.2) is 16.3 Å². The zero-order chi connectivity index (χ0) is 21.7. The molecule has 1 spiro atoms. The Labute approximate surface area is 177 Å². The van der Waals surface area contributed by atoms with Crippen LogP contribution in [0.2, 0.25) is 44.3 Å². The van der Waals surface area contributed by atoms with E-state index in [0.29, 0.717) is 13.2 Å². The molecular formula is C22H37NO4Si2. The minimum atomic E-state index is -1.94. The molecule has 0 radical (unpaired) electrons. The molecule has 7 heteroatoms. The van der Waals surface area contributed by atoms with Crippen LogP contribution >= 0.6 is 0 Å². The van der Waals surface area contributed by atoms with Gasteiger partial charge in [-0.1, -0.05) is 64.4 Å². The van der Waals surface area contributed by atoms with Gasteiger partial charge in [-0.15, -0.1) is 0 Å². The smallest absolute Gasteiger partial charge is 0.323 e. The molecule has 0 amide bonds. The minimum absolute atomic E-state index is 0.0804. The fourth-order valence-electron chi connectivity index (χ4n) is 6.76. The van der Waals surface area contributed by atoms with E-state index in [9.17, 15) is 4.79 Å². The van der Waals surface area contributed by atoms with Crippen LogP contribution in [0.25, 0.3) is 0 Å². The van der Waals surface area contributed by atoms with Gasteiger partial charge < -0.3 is 14.2 Å². The third kappa shape index (κ3) is 2.28. The van der Waals surface area contributed by atoms with Gasteiger partial charge in [0.2, 0.25) is 0 Å². The zero-order valence-corrected chi connectivity index (χ0v) is 21.5. The molecule has 1 saturated carbocycles. The standard InChI is InChI=1S/C22H37NO4Si2/c1-19(2)13-26-22(27-14-19)20(29(7,8)9)12-16(28(4,5)6)21(22,18(24)25-3)17-15(20)10-11-23-17/h11-12,15,17H,10,13-14H2,1-9H3/t15-,17+,20+,21+/m1/s1. The summed E-state index contributed by atoms with van der Waals surface area (Å²) in [6, 6.07) is -0.158. The number of ether oxygens (including phenoxy) is 3. The van der Waals surface area contributed by atoms with E-state index in [1.165, 1.54) is 12.3 Å². The molecule has 4 atom stereocenters. The van der Waals surface area contributed by atoms with Crippen molar-refractivity contribution in [3.05, 3.63) is 11.3 Å². The van der Waals surface area contributed by atoms with E-state index < -0.39 is 27.3 Å². The van der Waals surface area contributed by atoms with Crippen molar-refractivity contribution in [1.82, 2.24) is 0 Å². The number of fused-ring (bicyclic) bond motifs is 3. The summed E-state index contributed by atoms with van der Waals surface area (Å²) in [5.41, 5.74) is -1.05. The molecule has 2 fully saturated rings. The number of rotatable bonds is 3. The van der Waals surface area contributed by atoms with Crippen molar-refractivity contribution in [3.63, 3.8) is 0 Å². The van der Waals surface area contributed by atoms with Crippen molar-refractivity contribution in [1.29, 1.82) is 0 Å². The van der Waals surface area contributed by atoms with Crippen molar-refractivity contribution in [3.8, 4) is 0 Å². The first-order valence-corrected chi connectivity index (χ1v) is 17.8. The Balaban J connectivity index is 2.09. The molecule has 2 heterocycles. The summed E-state index contributed by atoms with van der Waals surface area (Å²) in [5, 5.41) is 0.917. The van der Waals surface area contributed by atoms with Crippen LogP contribution in [0.4, 0.5) is 0 Å². The number of carbonyl (C=O) groups excluding carboxylic acids is 1. The summed E-state index contributed by atoms with van der Waals surface area (Å²) in [7, 11) is -2.35. The molecule has 1 saturated heterocycles. The number of esters is 1. The first kappa shape index (κ1) is 21.5. The molecule has 2 aliphatic carbocycles. The predicted octanol–water partition coefficient (Wildman–Crippen LogP) is 4.28. The highest BCUT2D eigenvalue weighted by Crippen LogP contribution is 2.81. The van der Waals surface area contributed by atoms with E-state index in [4.69, 9.17) is 19.2 Å². The Morgan fingerprint density at radius 3 is 2.21 bits per heavy atom. The molecule has 29 heavy (non-hydrogen) atoms. The summed E-state index contributed by atoms with van der Waals surface area (Å²) in [6.45, 7) is 19.6. The maximum absolute atomic E-state index is 13.8. The highest BCUT2D eigenvalue weighted by Gasteiger charge is 2.89. The lowest BCUT2D eigenvalue weighted by Gasteiger charge is -2.56. The monoisotopic (exact) mass is 435 g/mol. The van der Waals surface area contributed by atoms with Gasteiger partial charge in [0, 0.05) is 10.5 Å². The highest BCUT2D eigenvalue weighted by atomic mass is 28.3. The van der Waals surface area contributed by atoms with Gasteiger partial charge in [0.05, 0.1) is 42.5 Å². The van der Waals surface area contributed by atoms with E-state index in [0.717, 1.165) is 6.42 Å². The summed E-state index contributed by atoms with van der Waals surface area (Å²) in [6.07, 6.45) is 5.38. The van der Waals surface area contributed by atoms with Crippen molar-refractivity contribution in [2.45, 2.75) is 76.4 Å². The Hall–Kier alpha value is -0.766. The van der Waals surface area contributed by atoms with Crippen LogP contribution in [0.3, 0.4) is 0 Å². The third-order valence-electron chi connectivity index (χ3n) is 7.78. The molecule has 162 valence electrons. The largest absolute Gasteiger partial charge is 0.468 e. The summed E-state index contributed by atoms with van der Waals surface area (Å²) in [4.78, 5) is 18.8. The molecule has 2 bridgehead atoms. The molecule has 0 aromatic heterocycles. The van der Waals surface area contributed by atoms with E-state index in [2.05, 4.69) is 59.2 Å². The van der Waals surface area contributed by atoms with Crippen molar-refractivity contribution < 1.29 is 19.0 Å². The SMILES string of the molecule is COC(=O)[C@]12C([Si](C)(C)C)=C[C@]([Si](C)(C)C)([C@@H]3CC=N[C@@H]31)C21OCC(C)(C)CO1. The zero-order valence-electron chi connectivity index (χ0n) is 19.5. The lowest BCUT2D eigenvalue weighted by atomic mass is 9.77. The lowest BCUT2D eigenvalue weighted by molar-refractivity contribution is -0.333. The number of carbonyl (C=O) groups is 1. The van der Waals surface area contributed by atoms with Gasteiger partial charge in [0.15, 0.2) is 11.2 Å². The topological polar surface area (TPSA) is 57.1 Å². The second kappa shape index (κ2) is 5.93. The molecule has 0 unspecified atom stereocenters. The van der Waals surface area contributed by atoms with Gasteiger partial charge in [0.25, 0.3) is 0 Å². The molecule has 0 aromatic carbocycles. The van der Waals surface area contributed by atoms with Crippen LogP contribution in [0.1, 0.15) is 20.3 Å². The maximum Gasteiger partial charge on any atom is 0.323 e. The first-order chi connectivity index (χ1) is 13.2. The van der Waals surface area contributed by atoms with Gasteiger partial charge in [-0.3, -0.25) is 9.79 Å². The lowest BCUT2D eigenvalue weighted by Crippen LogP contribution is -2.66. The second-order valence-corrected chi connectivity index (χ2v) is 22.6. The number of hydrogen-bond acceptors (Lipinski definition) is 5. The average molecular weight is 436 g/mol. The fraction of sp³-hybridized carbons (Fsp3) is 0.818. The molecule has 5 nitrogen and oxygen atoms in total. The number of hydrogen-bond donors (Lipinski definition) is 0. The van der Waals surface area contributed by atoms with Gasteiger partial charge in [-0.2, -0.15) is 0 Å². The van der Waals surface area contributed by atoms with Gasteiger partial charge >= 0.3 is 5.97 Å². The highest BCUT2D eigenvalue weighted by molar-refractivity contribution is 6.85. The van der Waals surface area contributed by atoms with E-state index in [1.807, 2.05) is 6.21 Å². The van der Waals surface area contributed by atoms with Crippen LogP contribution < -0.4 is 0 Å². The van der Waals surface area contributed by atoms with Gasteiger partial charge in [-0.05, 0) is 18.6 Å². The summed E-state index contributed by atoms with van der Waals surface area (Å²) in [5.74, 6) is -0.998. The van der Waals surface area contributed by atoms with E-state index >= 15 is 0 Å². The number of methoxy groups -OCH3 is 1. The Morgan fingerprint density at radius 1 is 1.14 bits per heavy atom. The Kier molecular flexibility index (Phi) is 4.39. The number of nitrogens with zero attached hydrogens (tertiary/aromatic N) is 1. The normalized spacial score (nSPS) is 39.6. The predicted molar refractivity (Wildman–Crippen MR) is 121 cm³/mol. The van der Waals surface area contributed by atoms with Crippen LogP contribution in [-0.4, -0.2) is 60.5 Å². The Bertz CT molecular complexity index is 797. The third-order valence-corrected chi connectivity index (χ3v) is 13.3. The van der Waals surface area contributed by atoms with Crippen molar-refractivity contribution >= 4 is 28.3 Å². The first-order valence-electron chi connectivity index (χ1n) is 10.8. The minimum Gasteiger partial charge on any atom is -0.468 e. The van der Waals surface area contributed by atoms with Gasteiger partial charge in [0.1, 0.15) is 0 Å². The average Bonchev–Trinajstić information content (AvgIpc) is 3.22. The van der Waals surface area contributed by atoms with Crippen molar-refractivity contribution in [2.75, 3.05) is 20.3 Å². The van der Waals surface area contributed by atoms with Crippen LogP contribution in [0.5, 0.6) is 0 Å². The maximum atomic E-state index is 13.8. The summed E-state index contributed by atoms with van der Waals surface area (Å²) >= 11 is 0. The molecule has 2 aliphatic heterocycles. The molecule has 4 rings (SSSR count). The molecular weight excluding hydrogens is 398 g/mol. The quantitative estimate of drug-likeness (QED) is 0.490. The van der Waals surface area contributed by atoms with Crippen molar-refractivity contribution in [2.24, 2.45) is 21.7 Å². The van der Waals surface area contributed by atoms with Gasteiger partial charge in [-0.25, -0.2) is 0 Å². The molecule has 0 aromatic rings. The van der Waals surface area contributed by atoms with E-state index in [-0.39, 0.29) is 28.4 Å².